The molecule has 7 heteroatoms. The fourth-order valence-corrected chi connectivity index (χ4v) is 4.12. The number of H-pyrrole nitrogens is 1. The molecule has 1 aliphatic rings. The average molecular weight is 322 g/mol. The maximum absolute atomic E-state index is 11.9. The summed E-state index contributed by atoms with van der Waals surface area (Å²) in [5.74, 6) is 0.435. The van der Waals surface area contributed by atoms with Crippen molar-refractivity contribution in [1.29, 1.82) is 0 Å². The Morgan fingerprint density at radius 3 is 2.91 bits per heavy atom. The molecule has 0 aromatic carbocycles. The third-order valence-electron chi connectivity index (χ3n) is 4.67. The number of hydrogen-bond acceptors (Lipinski definition) is 4. The number of pyridine rings is 1. The quantitative estimate of drug-likeness (QED) is 0.933. The van der Waals surface area contributed by atoms with Crippen LogP contribution < -0.4 is 4.90 Å². The number of aromatic nitrogens is 2. The molecular formula is C15H22N4O2S. The number of aromatic amines is 1. The van der Waals surface area contributed by atoms with Crippen molar-refractivity contribution >= 4 is 26.7 Å². The van der Waals surface area contributed by atoms with Crippen molar-refractivity contribution < 1.29 is 8.42 Å². The molecule has 0 aliphatic carbocycles. The predicted octanol–water partition coefficient (Wildman–Crippen LogP) is 1.67. The second kappa shape index (κ2) is 5.55. The van der Waals surface area contributed by atoms with E-state index in [1.54, 1.807) is 10.5 Å². The van der Waals surface area contributed by atoms with Gasteiger partial charge in [0.25, 0.3) is 0 Å². The first-order valence-electron chi connectivity index (χ1n) is 7.48. The standard InChI is InChI=1S/C15H22N4O2S/c1-11-6-9-19(22(3,20)21)10-14(11)18(2)13-5-8-17-15-12(13)4-7-16-15/h4-5,7-8,11,14H,6,9-10H2,1-3H3,(H,16,17). The highest BCUT2D eigenvalue weighted by molar-refractivity contribution is 7.88. The third-order valence-corrected chi connectivity index (χ3v) is 5.93. The van der Waals surface area contributed by atoms with Gasteiger partial charge in [-0.15, -0.1) is 0 Å². The summed E-state index contributed by atoms with van der Waals surface area (Å²) < 4.78 is 25.3. The van der Waals surface area contributed by atoms with E-state index in [1.165, 1.54) is 6.26 Å². The number of sulfonamides is 1. The highest BCUT2D eigenvalue weighted by atomic mass is 32.2. The van der Waals surface area contributed by atoms with Crippen molar-refractivity contribution in [3.8, 4) is 0 Å². The lowest BCUT2D eigenvalue weighted by atomic mass is 9.93. The van der Waals surface area contributed by atoms with Crippen LogP contribution >= 0.6 is 0 Å². The molecule has 22 heavy (non-hydrogen) atoms. The van der Waals surface area contributed by atoms with Crippen molar-refractivity contribution in [2.45, 2.75) is 19.4 Å². The van der Waals surface area contributed by atoms with Crippen LogP contribution in [0.5, 0.6) is 0 Å². The van der Waals surface area contributed by atoms with Gasteiger partial charge in [-0.1, -0.05) is 6.92 Å². The molecule has 1 saturated heterocycles. The smallest absolute Gasteiger partial charge is 0.211 e. The number of likely N-dealkylation sites (N-methyl/N-ethyl adjacent to an activating group) is 1. The van der Waals surface area contributed by atoms with Gasteiger partial charge in [-0.2, -0.15) is 0 Å². The number of fused-ring (bicyclic) bond motifs is 1. The Bertz CT molecular complexity index is 771. The Hall–Kier alpha value is -1.60. The van der Waals surface area contributed by atoms with E-state index in [9.17, 15) is 8.42 Å². The van der Waals surface area contributed by atoms with Crippen LogP contribution in [0.4, 0.5) is 5.69 Å². The first-order valence-corrected chi connectivity index (χ1v) is 9.33. The van der Waals surface area contributed by atoms with Gasteiger partial charge < -0.3 is 9.88 Å². The molecule has 2 aromatic heterocycles. The van der Waals surface area contributed by atoms with Gasteiger partial charge >= 0.3 is 0 Å². The van der Waals surface area contributed by atoms with E-state index >= 15 is 0 Å². The van der Waals surface area contributed by atoms with Gasteiger partial charge in [0.1, 0.15) is 5.65 Å². The zero-order valence-electron chi connectivity index (χ0n) is 13.2. The van der Waals surface area contributed by atoms with Crippen LogP contribution in [0.3, 0.4) is 0 Å². The Balaban J connectivity index is 1.93. The van der Waals surface area contributed by atoms with Crippen LogP contribution in [0, 0.1) is 5.92 Å². The number of rotatable bonds is 3. The Labute approximate surface area is 131 Å². The predicted molar refractivity (Wildman–Crippen MR) is 88.5 cm³/mol. The Kier molecular flexibility index (Phi) is 3.86. The molecule has 1 N–H and O–H groups in total. The average Bonchev–Trinajstić information content (AvgIpc) is 2.94. The number of anilines is 1. The second-order valence-electron chi connectivity index (χ2n) is 6.14. The molecule has 2 atom stereocenters. The molecule has 3 rings (SSSR count). The maximum Gasteiger partial charge on any atom is 0.211 e. The molecular weight excluding hydrogens is 300 g/mol. The summed E-state index contributed by atoms with van der Waals surface area (Å²) >= 11 is 0. The Morgan fingerprint density at radius 1 is 1.41 bits per heavy atom. The molecule has 3 heterocycles. The van der Waals surface area contributed by atoms with E-state index in [1.807, 2.05) is 25.4 Å². The molecule has 0 spiro atoms. The second-order valence-corrected chi connectivity index (χ2v) is 8.12. The minimum absolute atomic E-state index is 0.156. The number of nitrogens with zero attached hydrogens (tertiary/aromatic N) is 3. The van der Waals surface area contributed by atoms with Gasteiger partial charge in [0.05, 0.1) is 6.26 Å². The fourth-order valence-electron chi connectivity index (χ4n) is 3.26. The van der Waals surface area contributed by atoms with E-state index in [4.69, 9.17) is 0 Å². The minimum atomic E-state index is -3.14. The summed E-state index contributed by atoms with van der Waals surface area (Å²) in [6.45, 7) is 3.33. The summed E-state index contributed by atoms with van der Waals surface area (Å²) in [6, 6.07) is 4.15. The first-order chi connectivity index (χ1) is 10.4. The van der Waals surface area contributed by atoms with Crippen LogP contribution in [-0.2, 0) is 10.0 Å². The van der Waals surface area contributed by atoms with Gasteiger partial charge in [-0.05, 0) is 24.5 Å². The zero-order valence-corrected chi connectivity index (χ0v) is 14.0. The molecule has 0 saturated carbocycles. The Morgan fingerprint density at radius 2 is 2.18 bits per heavy atom. The van der Waals surface area contributed by atoms with E-state index in [2.05, 4.69) is 21.8 Å². The van der Waals surface area contributed by atoms with Crippen molar-refractivity contribution in [3.63, 3.8) is 0 Å². The van der Waals surface area contributed by atoms with Crippen molar-refractivity contribution in [2.24, 2.45) is 5.92 Å². The monoisotopic (exact) mass is 322 g/mol. The molecule has 2 aromatic rings. The SMILES string of the molecule is CC1CCN(S(C)(=O)=O)CC1N(C)c1ccnc2[nH]ccc12. The summed E-state index contributed by atoms with van der Waals surface area (Å²) in [5.41, 5.74) is 1.94. The molecule has 0 bridgehead atoms. The van der Waals surface area contributed by atoms with E-state index in [-0.39, 0.29) is 6.04 Å². The summed E-state index contributed by atoms with van der Waals surface area (Å²) in [6.07, 6.45) is 5.83. The van der Waals surface area contributed by atoms with Gasteiger partial charge in [-0.25, -0.2) is 17.7 Å². The lowest BCUT2D eigenvalue weighted by Gasteiger charge is -2.41. The lowest BCUT2D eigenvalue weighted by molar-refractivity contribution is 0.249. The number of nitrogens with one attached hydrogen (secondary N) is 1. The van der Waals surface area contributed by atoms with Gasteiger partial charge in [0.15, 0.2) is 0 Å². The van der Waals surface area contributed by atoms with Crippen LogP contribution in [-0.4, -0.2) is 55.1 Å². The molecule has 1 fully saturated rings. The highest BCUT2D eigenvalue weighted by Gasteiger charge is 2.33. The zero-order chi connectivity index (χ0) is 15.9. The van der Waals surface area contributed by atoms with Crippen LogP contribution in [0.1, 0.15) is 13.3 Å². The van der Waals surface area contributed by atoms with E-state index in [0.29, 0.717) is 19.0 Å². The number of hydrogen-bond donors (Lipinski definition) is 1. The molecule has 0 radical (unpaired) electrons. The van der Waals surface area contributed by atoms with Gasteiger partial charge in [-0.3, -0.25) is 0 Å². The third kappa shape index (κ3) is 2.70. The summed E-state index contributed by atoms with van der Waals surface area (Å²) in [5, 5.41) is 1.06. The topological polar surface area (TPSA) is 69.3 Å². The van der Waals surface area contributed by atoms with Crippen LogP contribution in [0.15, 0.2) is 24.5 Å². The van der Waals surface area contributed by atoms with E-state index < -0.39 is 10.0 Å². The summed E-state index contributed by atoms with van der Waals surface area (Å²) in [7, 11) is -1.11. The molecule has 1 aliphatic heterocycles. The lowest BCUT2D eigenvalue weighted by Crippen LogP contribution is -2.52. The number of piperidine rings is 1. The highest BCUT2D eigenvalue weighted by Crippen LogP contribution is 2.30. The fraction of sp³-hybridized carbons (Fsp3) is 0.533. The van der Waals surface area contributed by atoms with Crippen molar-refractivity contribution in [1.82, 2.24) is 14.3 Å². The van der Waals surface area contributed by atoms with Gasteiger partial charge in [0.2, 0.25) is 10.0 Å². The normalized spacial score (nSPS) is 23.8. The molecule has 2 unspecified atom stereocenters. The van der Waals surface area contributed by atoms with E-state index in [0.717, 1.165) is 23.1 Å². The first kappa shape index (κ1) is 15.3. The minimum Gasteiger partial charge on any atom is -0.369 e. The summed E-state index contributed by atoms with van der Waals surface area (Å²) in [4.78, 5) is 9.63. The van der Waals surface area contributed by atoms with Crippen molar-refractivity contribution in [2.75, 3.05) is 31.3 Å². The largest absolute Gasteiger partial charge is 0.369 e. The van der Waals surface area contributed by atoms with Gasteiger partial charge in [0, 0.05) is 49.6 Å². The molecule has 6 nitrogen and oxygen atoms in total. The van der Waals surface area contributed by atoms with Crippen LogP contribution in [0.2, 0.25) is 0 Å². The maximum atomic E-state index is 11.9. The molecule has 0 amide bonds. The van der Waals surface area contributed by atoms with Crippen LogP contribution in [0.25, 0.3) is 11.0 Å². The van der Waals surface area contributed by atoms with Crippen molar-refractivity contribution in [3.05, 3.63) is 24.5 Å². The molecule has 120 valence electrons.